The predicted molar refractivity (Wildman–Crippen MR) is 70.1 cm³/mol. The molecule has 0 aromatic carbocycles. The number of aliphatic hydroxyl groups excluding tert-OH is 2. The minimum Gasteiger partial charge on any atom is -0.390 e. The normalized spacial score (nSPS) is 14.3. The summed E-state index contributed by atoms with van der Waals surface area (Å²) in [6, 6.07) is 1.14. The first-order chi connectivity index (χ1) is 8.38. The molecule has 2 atom stereocenters. The van der Waals surface area contributed by atoms with Gasteiger partial charge in [-0.15, -0.1) is 0 Å². The van der Waals surface area contributed by atoms with Crippen LogP contribution in [-0.2, 0) is 0 Å². The summed E-state index contributed by atoms with van der Waals surface area (Å²) in [5.41, 5.74) is 0.145. The molecule has 8 heteroatoms. The van der Waals surface area contributed by atoms with E-state index in [4.69, 9.17) is 11.6 Å². The van der Waals surface area contributed by atoms with Crippen molar-refractivity contribution < 1.29 is 15.1 Å². The SMILES string of the molecule is Cc1nc(Cl)c([N+](=O)[O-])cc1C(O)C(O)CCS. The van der Waals surface area contributed by atoms with Gasteiger partial charge in [-0.25, -0.2) is 4.98 Å². The van der Waals surface area contributed by atoms with Gasteiger partial charge in [-0.1, -0.05) is 11.6 Å². The molecule has 0 fully saturated rings. The lowest BCUT2D eigenvalue weighted by molar-refractivity contribution is -0.385. The van der Waals surface area contributed by atoms with Gasteiger partial charge in [0.05, 0.1) is 11.0 Å². The second kappa shape index (κ2) is 6.33. The van der Waals surface area contributed by atoms with Crippen molar-refractivity contribution in [1.29, 1.82) is 0 Å². The average Bonchev–Trinajstić information content (AvgIpc) is 2.28. The minimum atomic E-state index is -1.25. The van der Waals surface area contributed by atoms with Crippen LogP contribution in [0.2, 0.25) is 5.15 Å². The molecule has 0 bridgehead atoms. The first-order valence-corrected chi connectivity index (χ1v) is 6.18. The van der Waals surface area contributed by atoms with Crippen molar-refractivity contribution in [2.45, 2.75) is 25.6 Å². The van der Waals surface area contributed by atoms with E-state index in [9.17, 15) is 20.3 Å². The van der Waals surface area contributed by atoms with E-state index in [-0.39, 0.29) is 17.1 Å². The van der Waals surface area contributed by atoms with Crippen LogP contribution in [0.4, 0.5) is 5.69 Å². The topological polar surface area (TPSA) is 96.5 Å². The van der Waals surface area contributed by atoms with E-state index in [1.807, 2.05) is 0 Å². The van der Waals surface area contributed by atoms with Gasteiger partial charge in [0.2, 0.25) is 5.15 Å². The van der Waals surface area contributed by atoms with Gasteiger partial charge in [0.15, 0.2) is 0 Å². The van der Waals surface area contributed by atoms with Crippen LogP contribution >= 0.6 is 24.2 Å². The highest BCUT2D eigenvalue weighted by molar-refractivity contribution is 7.80. The molecule has 1 heterocycles. The zero-order chi connectivity index (χ0) is 13.9. The van der Waals surface area contributed by atoms with E-state index < -0.39 is 22.8 Å². The third-order valence-electron chi connectivity index (χ3n) is 2.49. The molecular formula is C10H13ClN2O4S. The maximum atomic E-state index is 10.7. The van der Waals surface area contributed by atoms with Crippen LogP contribution in [0.5, 0.6) is 0 Å². The molecule has 2 unspecified atom stereocenters. The molecule has 0 saturated carbocycles. The van der Waals surface area contributed by atoms with Crippen molar-refractivity contribution in [3.05, 3.63) is 32.6 Å². The smallest absolute Gasteiger partial charge is 0.306 e. The number of nitrogens with zero attached hydrogens (tertiary/aromatic N) is 2. The number of aryl methyl sites for hydroxylation is 1. The third kappa shape index (κ3) is 3.32. The van der Waals surface area contributed by atoms with Crippen molar-refractivity contribution in [1.82, 2.24) is 4.98 Å². The minimum absolute atomic E-state index is 0.195. The van der Waals surface area contributed by atoms with Crippen molar-refractivity contribution in [2.75, 3.05) is 5.75 Å². The molecular weight excluding hydrogens is 280 g/mol. The van der Waals surface area contributed by atoms with Gasteiger partial charge in [-0.05, 0) is 19.1 Å². The summed E-state index contributed by atoms with van der Waals surface area (Å²) in [7, 11) is 0. The maximum Gasteiger partial charge on any atom is 0.306 e. The molecule has 18 heavy (non-hydrogen) atoms. The van der Waals surface area contributed by atoms with Crippen LogP contribution in [0.1, 0.15) is 23.8 Å². The molecule has 0 radical (unpaired) electrons. The first kappa shape index (κ1) is 15.2. The van der Waals surface area contributed by atoms with Crippen LogP contribution in [0.25, 0.3) is 0 Å². The molecule has 1 rings (SSSR count). The van der Waals surface area contributed by atoms with E-state index in [1.165, 1.54) is 0 Å². The van der Waals surface area contributed by atoms with Crippen LogP contribution in [0.15, 0.2) is 6.07 Å². The van der Waals surface area contributed by atoms with Crippen molar-refractivity contribution in [3.63, 3.8) is 0 Å². The van der Waals surface area contributed by atoms with Gasteiger partial charge in [0.25, 0.3) is 0 Å². The van der Waals surface area contributed by atoms with Gasteiger partial charge >= 0.3 is 5.69 Å². The number of halogens is 1. The Labute approximate surface area is 114 Å². The highest BCUT2D eigenvalue weighted by Crippen LogP contribution is 2.29. The fraction of sp³-hybridized carbons (Fsp3) is 0.500. The van der Waals surface area contributed by atoms with Crippen LogP contribution < -0.4 is 0 Å². The van der Waals surface area contributed by atoms with Crippen LogP contribution in [0, 0.1) is 17.0 Å². The molecule has 1 aromatic rings. The van der Waals surface area contributed by atoms with Crippen molar-refractivity contribution >= 4 is 29.9 Å². The number of aromatic nitrogens is 1. The number of hydrogen-bond acceptors (Lipinski definition) is 6. The first-order valence-electron chi connectivity index (χ1n) is 5.17. The lowest BCUT2D eigenvalue weighted by atomic mass is 10.0. The van der Waals surface area contributed by atoms with Gasteiger partial charge in [-0.3, -0.25) is 10.1 Å². The monoisotopic (exact) mass is 292 g/mol. The largest absolute Gasteiger partial charge is 0.390 e. The lowest BCUT2D eigenvalue weighted by Gasteiger charge is -2.18. The Morgan fingerprint density at radius 2 is 2.22 bits per heavy atom. The summed E-state index contributed by atoms with van der Waals surface area (Å²) >= 11 is 9.58. The molecule has 6 nitrogen and oxygen atoms in total. The average molecular weight is 293 g/mol. The fourth-order valence-corrected chi connectivity index (χ4v) is 2.02. The molecule has 0 amide bonds. The number of thiol groups is 1. The fourth-order valence-electron chi connectivity index (χ4n) is 1.51. The van der Waals surface area contributed by atoms with Crippen molar-refractivity contribution in [3.8, 4) is 0 Å². The summed E-state index contributed by atoms with van der Waals surface area (Å²) in [6.07, 6.45) is -2.04. The Bertz CT molecular complexity index is 458. The molecule has 0 aliphatic rings. The third-order valence-corrected chi connectivity index (χ3v) is 3.03. The predicted octanol–water partition coefficient (Wildman–Crippen LogP) is 1.67. The molecule has 0 aliphatic carbocycles. The molecule has 1 aromatic heterocycles. The number of aliphatic hydroxyl groups is 2. The molecule has 0 saturated heterocycles. The Kier molecular flexibility index (Phi) is 5.33. The maximum absolute atomic E-state index is 10.7. The van der Waals surface area contributed by atoms with E-state index in [1.54, 1.807) is 6.92 Å². The highest BCUT2D eigenvalue weighted by atomic mass is 35.5. The number of rotatable bonds is 5. The van der Waals surface area contributed by atoms with Crippen molar-refractivity contribution in [2.24, 2.45) is 0 Å². The second-order valence-corrected chi connectivity index (χ2v) is 4.56. The quantitative estimate of drug-likeness (QED) is 0.332. The summed E-state index contributed by atoms with van der Waals surface area (Å²) in [6.45, 7) is 1.56. The zero-order valence-electron chi connectivity index (χ0n) is 9.58. The van der Waals surface area contributed by atoms with E-state index in [0.29, 0.717) is 11.4 Å². The van der Waals surface area contributed by atoms with Gasteiger partial charge in [0, 0.05) is 17.3 Å². The number of nitro groups is 1. The molecule has 0 spiro atoms. The zero-order valence-corrected chi connectivity index (χ0v) is 11.2. The Balaban J connectivity index is 3.15. The van der Waals surface area contributed by atoms with E-state index >= 15 is 0 Å². The molecule has 0 aliphatic heterocycles. The van der Waals surface area contributed by atoms with E-state index in [0.717, 1.165) is 6.07 Å². The highest BCUT2D eigenvalue weighted by Gasteiger charge is 2.25. The van der Waals surface area contributed by atoms with Crippen LogP contribution in [-0.4, -0.2) is 32.0 Å². The van der Waals surface area contributed by atoms with Gasteiger partial charge in [0.1, 0.15) is 6.10 Å². The van der Waals surface area contributed by atoms with Gasteiger partial charge < -0.3 is 10.2 Å². The Hall–Kier alpha value is -0.890. The number of hydrogen-bond donors (Lipinski definition) is 3. The summed E-state index contributed by atoms with van der Waals surface area (Å²) < 4.78 is 0. The Morgan fingerprint density at radius 3 is 2.72 bits per heavy atom. The second-order valence-electron chi connectivity index (χ2n) is 3.75. The Morgan fingerprint density at radius 1 is 1.61 bits per heavy atom. The standard InChI is InChI=1S/C10H13ClN2O4S/c1-5-6(9(15)8(14)2-3-18)4-7(13(16)17)10(11)12-5/h4,8-9,14-15,18H,2-3H2,1H3. The summed E-state index contributed by atoms with van der Waals surface area (Å²) in [5, 5.41) is 30.1. The van der Waals surface area contributed by atoms with Gasteiger partial charge in [-0.2, -0.15) is 12.6 Å². The summed E-state index contributed by atoms with van der Waals surface area (Å²) in [4.78, 5) is 13.8. The molecule has 100 valence electrons. The van der Waals surface area contributed by atoms with Crippen LogP contribution in [0.3, 0.4) is 0 Å². The number of pyridine rings is 1. The summed E-state index contributed by atoms with van der Waals surface area (Å²) in [5.74, 6) is 0.389. The van der Waals surface area contributed by atoms with E-state index in [2.05, 4.69) is 17.6 Å². The lowest BCUT2D eigenvalue weighted by Crippen LogP contribution is -2.20. The molecule has 2 N–H and O–H groups in total.